The molecule has 1 spiro atoms. The van der Waals surface area contributed by atoms with Crippen LogP contribution in [-0.2, 0) is 4.79 Å². The molecule has 0 unspecified atom stereocenters. The number of rotatable bonds is 2. The van der Waals surface area contributed by atoms with Gasteiger partial charge in [-0.3, -0.25) is 4.79 Å². The van der Waals surface area contributed by atoms with Crippen LogP contribution in [0, 0.1) is 28.6 Å². The molecule has 24 heavy (non-hydrogen) atoms. The highest BCUT2D eigenvalue weighted by Crippen LogP contribution is 2.61. The summed E-state index contributed by atoms with van der Waals surface area (Å²) in [6.45, 7) is 4.39. The minimum absolute atomic E-state index is 0. The van der Waals surface area contributed by atoms with E-state index in [0.717, 1.165) is 50.4 Å². The van der Waals surface area contributed by atoms with Crippen molar-refractivity contribution < 1.29 is 4.79 Å². The van der Waals surface area contributed by atoms with Gasteiger partial charge in [-0.2, -0.15) is 0 Å². The first-order valence-electron chi connectivity index (χ1n) is 10.1. The summed E-state index contributed by atoms with van der Waals surface area (Å²) < 4.78 is 0. The molecule has 1 amide bonds. The molecule has 4 saturated carbocycles. The van der Waals surface area contributed by atoms with E-state index in [2.05, 4.69) is 10.2 Å². The lowest BCUT2D eigenvalue weighted by Crippen LogP contribution is -2.48. The van der Waals surface area contributed by atoms with Crippen molar-refractivity contribution in [3.8, 4) is 0 Å². The maximum Gasteiger partial charge on any atom is 0.223 e. The highest BCUT2D eigenvalue weighted by molar-refractivity contribution is 5.85. The Labute approximate surface area is 152 Å². The third kappa shape index (κ3) is 2.90. The fourth-order valence-corrected chi connectivity index (χ4v) is 7.45. The normalized spacial score (nSPS) is 42.3. The van der Waals surface area contributed by atoms with Gasteiger partial charge in [0.15, 0.2) is 0 Å². The number of piperidine rings is 1. The number of carbonyl (C=O) groups is 1. The fraction of sp³-hybridized carbons (Fsp3) is 0.950. The van der Waals surface area contributed by atoms with Crippen molar-refractivity contribution in [3.05, 3.63) is 0 Å². The number of likely N-dealkylation sites (tertiary alicyclic amines) is 1. The number of hydrogen-bond donors (Lipinski definition) is 1. The molecule has 4 aliphatic carbocycles. The van der Waals surface area contributed by atoms with Gasteiger partial charge in [-0.15, -0.1) is 12.4 Å². The number of nitrogens with zero attached hydrogens (tertiary/aromatic N) is 1. The Morgan fingerprint density at radius 1 is 0.958 bits per heavy atom. The number of carbonyl (C=O) groups excluding carboxylic acids is 1. The lowest BCUT2D eigenvalue weighted by Gasteiger charge is -2.57. The van der Waals surface area contributed by atoms with E-state index in [9.17, 15) is 4.79 Å². The molecule has 0 atom stereocenters. The molecule has 0 aromatic heterocycles. The molecule has 6 rings (SSSR count). The van der Waals surface area contributed by atoms with E-state index >= 15 is 0 Å². The van der Waals surface area contributed by atoms with Gasteiger partial charge in [0.2, 0.25) is 5.91 Å². The number of halogens is 1. The standard InChI is InChI=1S/C20H32N2O.ClH/c23-18(22-6-3-19(14-22)1-4-21-5-2-19)13-20-10-15-7-16(11-20)9-17(8-15)12-20;/h15-17,21H,1-14H2;1H. The first-order chi connectivity index (χ1) is 11.1. The second-order valence-corrected chi connectivity index (χ2v) is 9.91. The Morgan fingerprint density at radius 2 is 1.54 bits per heavy atom. The lowest BCUT2D eigenvalue weighted by molar-refractivity contribution is -0.139. The summed E-state index contributed by atoms with van der Waals surface area (Å²) in [5.41, 5.74) is 0.873. The maximum atomic E-state index is 13.1. The van der Waals surface area contributed by atoms with E-state index in [-0.39, 0.29) is 12.4 Å². The van der Waals surface area contributed by atoms with Crippen LogP contribution in [0.25, 0.3) is 0 Å². The Balaban J connectivity index is 0.00000146. The average Bonchev–Trinajstić information content (AvgIpc) is 2.90. The second kappa shape index (κ2) is 6.16. The molecule has 1 N–H and O–H groups in total. The molecule has 2 heterocycles. The highest BCUT2D eigenvalue weighted by Gasteiger charge is 2.52. The topological polar surface area (TPSA) is 32.3 Å². The minimum atomic E-state index is 0. The summed E-state index contributed by atoms with van der Waals surface area (Å²) in [6, 6.07) is 0. The van der Waals surface area contributed by atoms with Crippen LogP contribution in [0.4, 0.5) is 0 Å². The van der Waals surface area contributed by atoms with Crippen LogP contribution in [-0.4, -0.2) is 37.0 Å². The van der Waals surface area contributed by atoms with Gasteiger partial charge in [0.1, 0.15) is 0 Å². The van der Waals surface area contributed by atoms with Crippen molar-refractivity contribution in [1.82, 2.24) is 10.2 Å². The quantitative estimate of drug-likeness (QED) is 0.823. The van der Waals surface area contributed by atoms with Gasteiger partial charge in [0.05, 0.1) is 0 Å². The molecule has 2 aliphatic heterocycles. The average molecular weight is 353 g/mol. The Hall–Kier alpha value is -0.280. The van der Waals surface area contributed by atoms with E-state index in [0.29, 0.717) is 16.7 Å². The smallest absolute Gasteiger partial charge is 0.223 e. The van der Waals surface area contributed by atoms with Crippen molar-refractivity contribution in [3.63, 3.8) is 0 Å². The molecule has 6 aliphatic rings. The van der Waals surface area contributed by atoms with E-state index < -0.39 is 0 Å². The molecule has 0 aromatic rings. The number of amides is 1. The molecule has 0 aromatic carbocycles. The maximum absolute atomic E-state index is 13.1. The summed E-state index contributed by atoms with van der Waals surface area (Å²) in [5, 5.41) is 3.48. The zero-order valence-corrected chi connectivity index (χ0v) is 15.7. The summed E-state index contributed by atoms with van der Waals surface area (Å²) in [5.74, 6) is 3.39. The lowest BCUT2D eigenvalue weighted by atomic mass is 9.49. The van der Waals surface area contributed by atoms with Crippen molar-refractivity contribution in [2.45, 2.75) is 64.2 Å². The van der Waals surface area contributed by atoms with Crippen LogP contribution >= 0.6 is 12.4 Å². The van der Waals surface area contributed by atoms with Crippen LogP contribution in [0.5, 0.6) is 0 Å². The summed E-state index contributed by atoms with van der Waals surface area (Å²) >= 11 is 0. The van der Waals surface area contributed by atoms with Crippen molar-refractivity contribution in [1.29, 1.82) is 0 Å². The molecule has 3 nitrogen and oxygen atoms in total. The van der Waals surface area contributed by atoms with Crippen LogP contribution in [0.3, 0.4) is 0 Å². The van der Waals surface area contributed by atoms with Crippen LogP contribution in [0.15, 0.2) is 0 Å². The predicted molar refractivity (Wildman–Crippen MR) is 98.2 cm³/mol. The van der Waals surface area contributed by atoms with Crippen LogP contribution in [0.1, 0.15) is 64.2 Å². The van der Waals surface area contributed by atoms with Crippen LogP contribution < -0.4 is 5.32 Å². The minimum Gasteiger partial charge on any atom is -0.342 e. The number of nitrogens with one attached hydrogen (secondary N) is 1. The zero-order valence-electron chi connectivity index (χ0n) is 14.9. The number of hydrogen-bond acceptors (Lipinski definition) is 2. The Kier molecular flexibility index (Phi) is 4.40. The molecule has 6 fully saturated rings. The van der Waals surface area contributed by atoms with Gasteiger partial charge in [0.25, 0.3) is 0 Å². The zero-order chi connectivity index (χ0) is 15.5. The van der Waals surface area contributed by atoms with Gasteiger partial charge in [0, 0.05) is 19.5 Å². The summed E-state index contributed by atoms with van der Waals surface area (Å²) in [4.78, 5) is 15.3. The first-order valence-corrected chi connectivity index (χ1v) is 10.1. The van der Waals surface area contributed by atoms with E-state index in [1.54, 1.807) is 0 Å². The third-order valence-electron chi connectivity index (χ3n) is 8.15. The molecule has 4 bridgehead atoms. The van der Waals surface area contributed by atoms with Gasteiger partial charge in [-0.25, -0.2) is 0 Å². The van der Waals surface area contributed by atoms with Gasteiger partial charge in [-0.1, -0.05) is 0 Å². The largest absolute Gasteiger partial charge is 0.342 e. The third-order valence-corrected chi connectivity index (χ3v) is 8.15. The fourth-order valence-electron chi connectivity index (χ4n) is 7.45. The predicted octanol–water partition coefficient (Wildman–Crippen LogP) is 3.62. The molecule has 4 heteroatoms. The second-order valence-electron chi connectivity index (χ2n) is 9.91. The first kappa shape index (κ1) is 17.1. The molecular weight excluding hydrogens is 320 g/mol. The Bertz CT molecular complexity index is 465. The van der Waals surface area contributed by atoms with Gasteiger partial charge < -0.3 is 10.2 Å². The Morgan fingerprint density at radius 3 is 2.12 bits per heavy atom. The van der Waals surface area contributed by atoms with E-state index in [4.69, 9.17) is 0 Å². The SMILES string of the molecule is Cl.O=C(CC12CC3CC(CC(C3)C1)C2)N1CCC2(CCNCC2)C1. The van der Waals surface area contributed by atoms with E-state index in [1.165, 1.54) is 57.8 Å². The molecular formula is C20H33ClN2O. The van der Waals surface area contributed by atoms with Crippen molar-refractivity contribution >= 4 is 18.3 Å². The molecule has 2 saturated heterocycles. The van der Waals surface area contributed by atoms with Crippen molar-refractivity contribution in [2.24, 2.45) is 28.6 Å². The van der Waals surface area contributed by atoms with Crippen LogP contribution in [0.2, 0.25) is 0 Å². The summed E-state index contributed by atoms with van der Waals surface area (Å²) in [6.07, 6.45) is 13.2. The monoisotopic (exact) mass is 352 g/mol. The van der Waals surface area contributed by atoms with Gasteiger partial charge >= 0.3 is 0 Å². The highest BCUT2D eigenvalue weighted by atomic mass is 35.5. The summed E-state index contributed by atoms with van der Waals surface area (Å²) in [7, 11) is 0. The van der Waals surface area contributed by atoms with E-state index in [1.807, 2.05) is 0 Å². The van der Waals surface area contributed by atoms with Crippen molar-refractivity contribution in [2.75, 3.05) is 26.2 Å². The van der Waals surface area contributed by atoms with Gasteiger partial charge in [-0.05, 0) is 99.5 Å². The molecule has 0 radical (unpaired) electrons. The molecule has 136 valence electrons.